The Hall–Kier alpha value is -2.31. The van der Waals surface area contributed by atoms with Crippen molar-refractivity contribution in [1.29, 1.82) is 0 Å². The second-order valence-corrected chi connectivity index (χ2v) is 9.69. The minimum Gasteiger partial charge on any atom is -0.490 e. The van der Waals surface area contributed by atoms with E-state index in [2.05, 4.69) is 0 Å². The van der Waals surface area contributed by atoms with Gasteiger partial charge in [-0.25, -0.2) is 0 Å². The molecule has 0 unspecified atom stereocenters. The molecule has 2 aliphatic heterocycles. The molecule has 0 spiro atoms. The smallest absolute Gasteiger partial charge is 0.257 e. The molecule has 2 aromatic carbocycles. The summed E-state index contributed by atoms with van der Waals surface area (Å²) < 4.78 is 17.2. The van der Waals surface area contributed by atoms with Gasteiger partial charge in [0.05, 0.1) is 36.4 Å². The van der Waals surface area contributed by atoms with Gasteiger partial charge in [0.15, 0.2) is 0 Å². The van der Waals surface area contributed by atoms with Gasteiger partial charge in [-0.1, -0.05) is 23.2 Å². The van der Waals surface area contributed by atoms with Gasteiger partial charge in [-0.2, -0.15) is 5.06 Å². The first kappa shape index (κ1) is 27.7. The fraction of sp³-hybridized carbons (Fsp3) is 0.480. The van der Waals surface area contributed by atoms with Crippen molar-refractivity contribution in [2.45, 2.75) is 24.7 Å². The molecule has 4 rings (SSSR count). The lowest BCUT2D eigenvalue weighted by Gasteiger charge is -2.22. The molecule has 2 aliphatic rings. The van der Waals surface area contributed by atoms with Crippen LogP contribution in [0.25, 0.3) is 0 Å². The molecule has 2 saturated heterocycles. The zero-order chi connectivity index (χ0) is 26.4. The number of likely N-dealkylation sites (tertiary alicyclic amines) is 1. The number of hydrogen-bond donors (Lipinski definition) is 3. The van der Waals surface area contributed by atoms with E-state index in [4.69, 9.17) is 47.4 Å². The number of aliphatic hydroxyl groups excluding tert-OH is 3. The van der Waals surface area contributed by atoms with Crippen LogP contribution in [0, 0.1) is 0 Å². The Bertz CT molecular complexity index is 1060. The highest BCUT2D eigenvalue weighted by molar-refractivity contribution is 6.32. The standard InChI is InChI=1S/C25H30Cl2N2O8/c26-16-1-3-19(4-2-16)37-20-13-29(36-15-20)12-18(32)14-35-23-10-24(34-8-7-30)22(27)9-21(23)25(33)28-6-5-17(31)11-28/h1-4,9-10,17-18,20,30-32H,5-8,11-15H2/t17-,18-,20+/m0/s1. The van der Waals surface area contributed by atoms with Gasteiger partial charge in [0.1, 0.15) is 49.3 Å². The molecule has 3 atom stereocenters. The van der Waals surface area contributed by atoms with Crippen LogP contribution >= 0.6 is 23.2 Å². The number of amides is 1. The van der Waals surface area contributed by atoms with Gasteiger partial charge in [0.25, 0.3) is 5.91 Å². The Kier molecular flexibility index (Phi) is 9.71. The quantitative estimate of drug-likeness (QED) is 0.381. The van der Waals surface area contributed by atoms with Gasteiger partial charge >= 0.3 is 0 Å². The van der Waals surface area contributed by atoms with Crippen LogP contribution in [0.5, 0.6) is 17.2 Å². The minimum atomic E-state index is -0.941. The summed E-state index contributed by atoms with van der Waals surface area (Å²) in [6, 6.07) is 9.94. The fourth-order valence-electron chi connectivity index (χ4n) is 4.08. The lowest BCUT2D eigenvalue weighted by Crippen LogP contribution is -2.35. The molecule has 0 bridgehead atoms. The number of carbonyl (C=O) groups excluding carboxylic acids is 1. The van der Waals surface area contributed by atoms with Crippen LogP contribution in [0.15, 0.2) is 36.4 Å². The molecule has 0 saturated carbocycles. The molecule has 12 heteroatoms. The van der Waals surface area contributed by atoms with Crippen molar-refractivity contribution in [3.63, 3.8) is 0 Å². The third kappa shape index (κ3) is 7.61. The number of hydrogen-bond acceptors (Lipinski definition) is 9. The third-order valence-electron chi connectivity index (χ3n) is 5.88. The molecule has 0 aliphatic carbocycles. The summed E-state index contributed by atoms with van der Waals surface area (Å²) in [5.41, 5.74) is 0.191. The summed E-state index contributed by atoms with van der Waals surface area (Å²) in [6.07, 6.45) is -1.24. The van der Waals surface area contributed by atoms with E-state index in [1.165, 1.54) is 17.0 Å². The summed E-state index contributed by atoms with van der Waals surface area (Å²) in [7, 11) is 0. The van der Waals surface area contributed by atoms with Crippen LogP contribution in [0.2, 0.25) is 10.0 Å². The van der Waals surface area contributed by atoms with E-state index in [1.54, 1.807) is 29.3 Å². The van der Waals surface area contributed by atoms with E-state index in [-0.39, 0.29) is 67.0 Å². The average molecular weight is 557 g/mol. The molecule has 202 valence electrons. The summed E-state index contributed by atoms with van der Waals surface area (Å²) in [5, 5.41) is 31.9. The maximum absolute atomic E-state index is 13.1. The normalized spacial score (nSPS) is 20.7. The van der Waals surface area contributed by atoms with Crippen molar-refractivity contribution in [2.75, 3.05) is 52.6 Å². The largest absolute Gasteiger partial charge is 0.490 e. The lowest BCUT2D eigenvalue weighted by molar-refractivity contribution is -0.131. The highest BCUT2D eigenvalue weighted by Gasteiger charge is 2.30. The van der Waals surface area contributed by atoms with Crippen LogP contribution < -0.4 is 14.2 Å². The van der Waals surface area contributed by atoms with E-state index in [0.717, 1.165) is 0 Å². The molecule has 0 radical (unpaired) electrons. The van der Waals surface area contributed by atoms with Gasteiger partial charge in [-0.05, 0) is 36.8 Å². The van der Waals surface area contributed by atoms with Gasteiger partial charge < -0.3 is 34.4 Å². The molecule has 0 aromatic heterocycles. The van der Waals surface area contributed by atoms with E-state index in [0.29, 0.717) is 36.9 Å². The van der Waals surface area contributed by atoms with Crippen molar-refractivity contribution >= 4 is 29.1 Å². The third-order valence-corrected chi connectivity index (χ3v) is 6.42. The number of carbonyl (C=O) groups is 1. The Balaban J connectivity index is 1.36. The number of halogens is 2. The number of hydroxylamine groups is 2. The van der Waals surface area contributed by atoms with Crippen LogP contribution in [-0.4, -0.2) is 102 Å². The van der Waals surface area contributed by atoms with Crippen LogP contribution in [0.1, 0.15) is 16.8 Å². The molecule has 2 fully saturated rings. The first-order chi connectivity index (χ1) is 17.8. The predicted octanol–water partition coefficient (Wildman–Crippen LogP) is 2.01. The number of rotatable bonds is 11. The second-order valence-electron chi connectivity index (χ2n) is 8.85. The maximum atomic E-state index is 13.1. The Labute approximate surface area is 224 Å². The Morgan fingerprint density at radius 3 is 2.62 bits per heavy atom. The number of benzene rings is 2. The molecule has 2 heterocycles. The Morgan fingerprint density at radius 1 is 1.14 bits per heavy atom. The predicted molar refractivity (Wildman–Crippen MR) is 135 cm³/mol. The van der Waals surface area contributed by atoms with Crippen molar-refractivity contribution in [2.24, 2.45) is 0 Å². The molecule has 3 N–H and O–H groups in total. The first-order valence-corrected chi connectivity index (χ1v) is 12.7. The topological polar surface area (TPSA) is 121 Å². The molecule has 2 aromatic rings. The van der Waals surface area contributed by atoms with Gasteiger partial charge in [-0.3, -0.25) is 9.63 Å². The number of ether oxygens (including phenoxy) is 3. The van der Waals surface area contributed by atoms with Crippen molar-refractivity contribution < 1.29 is 39.2 Å². The van der Waals surface area contributed by atoms with Crippen molar-refractivity contribution in [3.05, 3.63) is 52.0 Å². The average Bonchev–Trinajstić information content (AvgIpc) is 3.51. The summed E-state index contributed by atoms with van der Waals surface area (Å²) in [5.74, 6) is 0.743. The molecular weight excluding hydrogens is 527 g/mol. The van der Waals surface area contributed by atoms with E-state index in [1.807, 2.05) is 0 Å². The van der Waals surface area contributed by atoms with Crippen LogP contribution in [0.3, 0.4) is 0 Å². The van der Waals surface area contributed by atoms with Crippen LogP contribution in [-0.2, 0) is 4.84 Å². The lowest BCUT2D eigenvalue weighted by atomic mass is 10.1. The monoisotopic (exact) mass is 556 g/mol. The molecular formula is C25H30Cl2N2O8. The van der Waals surface area contributed by atoms with Crippen molar-refractivity contribution in [1.82, 2.24) is 9.96 Å². The maximum Gasteiger partial charge on any atom is 0.257 e. The number of β-amino-alcohol motifs (C(OH)–C–C–N with tert-alkyl or cyclic N) is 2. The summed E-state index contributed by atoms with van der Waals surface area (Å²) in [4.78, 5) is 20.2. The van der Waals surface area contributed by atoms with E-state index in [9.17, 15) is 15.0 Å². The van der Waals surface area contributed by atoms with E-state index < -0.39 is 12.2 Å². The SMILES string of the molecule is O=C(c1cc(Cl)c(OCCO)cc1OC[C@@H](O)CN1C[C@@H](Oc2ccc(Cl)cc2)CO1)N1CC[C@H](O)C1. The second kappa shape index (κ2) is 13.0. The summed E-state index contributed by atoms with van der Waals surface area (Å²) >= 11 is 12.2. The van der Waals surface area contributed by atoms with Gasteiger partial charge in [0.2, 0.25) is 0 Å². The highest BCUT2D eigenvalue weighted by atomic mass is 35.5. The number of aliphatic hydroxyl groups is 3. The minimum absolute atomic E-state index is 0.0128. The van der Waals surface area contributed by atoms with Crippen molar-refractivity contribution in [3.8, 4) is 17.2 Å². The van der Waals surface area contributed by atoms with E-state index >= 15 is 0 Å². The number of nitrogens with zero attached hydrogens (tertiary/aromatic N) is 2. The molecule has 37 heavy (non-hydrogen) atoms. The summed E-state index contributed by atoms with van der Waals surface area (Å²) in [6.45, 7) is 1.23. The van der Waals surface area contributed by atoms with Crippen LogP contribution in [0.4, 0.5) is 0 Å². The highest BCUT2D eigenvalue weighted by Crippen LogP contribution is 2.34. The molecule has 10 nitrogen and oxygen atoms in total. The Morgan fingerprint density at radius 2 is 1.92 bits per heavy atom. The van der Waals surface area contributed by atoms with Gasteiger partial charge in [0, 0.05) is 24.2 Å². The molecule has 1 amide bonds. The fourth-order valence-corrected chi connectivity index (χ4v) is 4.43. The zero-order valence-electron chi connectivity index (χ0n) is 20.1. The van der Waals surface area contributed by atoms with Gasteiger partial charge in [-0.15, -0.1) is 0 Å². The first-order valence-electron chi connectivity index (χ1n) is 12.0. The zero-order valence-corrected chi connectivity index (χ0v) is 21.6.